The van der Waals surface area contributed by atoms with Gasteiger partial charge in [-0.1, -0.05) is 84.9 Å². The van der Waals surface area contributed by atoms with Gasteiger partial charge in [0.2, 0.25) is 5.91 Å². The molecule has 0 bridgehead atoms. The molecule has 0 aliphatic carbocycles. The number of imide groups is 1. The molecule has 5 aromatic carbocycles. The molecular weight excluding hydrogens is 742 g/mol. The first kappa shape index (κ1) is 41.4. The molecule has 7 rings (SSSR count). The highest BCUT2D eigenvalue weighted by Gasteiger charge is 2.37. The van der Waals surface area contributed by atoms with Crippen LogP contribution in [0.1, 0.15) is 99.5 Å². The SMILES string of the molecule is COc1cc2c(cc1OC)C(CCCN1C(=O)c3ccccc3C1=O)N(CCCC(CCCNC(=O)CCc1ccc(F)cc1)(c1ccccc1)c1ccccc1)CC2. The molecule has 0 saturated carbocycles. The van der Waals surface area contributed by atoms with Crippen molar-refractivity contribution >= 4 is 17.7 Å². The van der Waals surface area contributed by atoms with Crippen molar-refractivity contribution in [3.05, 3.63) is 166 Å². The Kier molecular flexibility index (Phi) is 13.5. The fourth-order valence-corrected chi connectivity index (χ4v) is 9.15. The zero-order valence-corrected chi connectivity index (χ0v) is 34.1. The van der Waals surface area contributed by atoms with Crippen LogP contribution in [0.3, 0.4) is 0 Å². The van der Waals surface area contributed by atoms with Crippen LogP contribution >= 0.6 is 0 Å². The molecule has 306 valence electrons. The molecule has 0 aromatic heterocycles. The molecule has 9 heteroatoms. The lowest BCUT2D eigenvalue weighted by molar-refractivity contribution is -0.121. The van der Waals surface area contributed by atoms with E-state index in [0.29, 0.717) is 55.0 Å². The van der Waals surface area contributed by atoms with Crippen molar-refractivity contribution < 1.29 is 28.2 Å². The van der Waals surface area contributed by atoms with Crippen LogP contribution in [0, 0.1) is 5.82 Å². The van der Waals surface area contributed by atoms with Gasteiger partial charge in [0.15, 0.2) is 11.5 Å². The van der Waals surface area contributed by atoms with Crippen LogP contribution in [-0.4, -0.2) is 67.9 Å². The predicted molar refractivity (Wildman–Crippen MR) is 228 cm³/mol. The van der Waals surface area contributed by atoms with E-state index in [0.717, 1.165) is 57.2 Å². The highest BCUT2D eigenvalue weighted by Crippen LogP contribution is 2.43. The Bertz CT molecular complexity index is 2140. The van der Waals surface area contributed by atoms with Crippen LogP contribution in [0.15, 0.2) is 121 Å². The molecule has 59 heavy (non-hydrogen) atoms. The number of rotatable bonds is 19. The second kappa shape index (κ2) is 19.3. The molecular formula is C50H54FN3O5. The third-order valence-corrected chi connectivity index (χ3v) is 12.2. The average Bonchev–Trinajstić information content (AvgIpc) is 3.52. The third kappa shape index (κ3) is 9.42. The summed E-state index contributed by atoms with van der Waals surface area (Å²) in [4.78, 5) is 43.3. The molecule has 0 saturated heterocycles. The van der Waals surface area contributed by atoms with Crippen LogP contribution in [0.2, 0.25) is 0 Å². The Morgan fingerprint density at radius 1 is 0.746 bits per heavy atom. The zero-order chi connectivity index (χ0) is 41.2. The molecule has 5 aromatic rings. The number of nitrogens with zero attached hydrogens (tertiary/aromatic N) is 2. The Hall–Kier alpha value is -5.80. The van der Waals surface area contributed by atoms with E-state index in [1.54, 1.807) is 50.6 Å². The quantitative estimate of drug-likeness (QED) is 0.0663. The molecule has 1 unspecified atom stereocenters. The van der Waals surface area contributed by atoms with Gasteiger partial charge in [0.1, 0.15) is 5.82 Å². The first-order chi connectivity index (χ1) is 28.8. The van der Waals surface area contributed by atoms with Gasteiger partial charge in [0.25, 0.3) is 11.8 Å². The number of carbonyl (C=O) groups is 3. The molecule has 8 nitrogen and oxygen atoms in total. The molecule has 1 N–H and O–H groups in total. The van der Waals surface area contributed by atoms with E-state index in [1.807, 2.05) is 0 Å². The van der Waals surface area contributed by atoms with Crippen LogP contribution in [0.25, 0.3) is 0 Å². The molecule has 1 atom stereocenters. The van der Waals surface area contributed by atoms with E-state index >= 15 is 0 Å². The Morgan fingerprint density at radius 3 is 1.97 bits per heavy atom. The fraction of sp³-hybridized carbons (Fsp3) is 0.340. The fourth-order valence-electron chi connectivity index (χ4n) is 9.15. The van der Waals surface area contributed by atoms with Gasteiger partial charge < -0.3 is 14.8 Å². The highest BCUT2D eigenvalue weighted by atomic mass is 19.1. The monoisotopic (exact) mass is 795 g/mol. The summed E-state index contributed by atoms with van der Waals surface area (Å²) >= 11 is 0. The number of carbonyl (C=O) groups excluding carboxylic acids is 3. The maximum Gasteiger partial charge on any atom is 0.261 e. The molecule has 2 aliphatic heterocycles. The van der Waals surface area contributed by atoms with Crippen LogP contribution in [-0.2, 0) is 23.1 Å². The minimum atomic E-state index is -0.285. The van der Waals surface area contributed by atoms with Gasteiger partial charge in [-0.25, -0.2) is 4.39 Å². The summed E-state index contributed by atoms with van der Waals surface area (Å²) in [7, 11) is 3.32. The lowest BCUT2D eigenvalue weighted by atomic mass is 9.68. The van der Waals surface area contributed by atoms with Crippen molar-refractivity contribution in [2.75, 3.05) is 40.4 Å². The molecule has 0 fully saturated rings. The molecule has 0 spiro atoms. The van der Waals surface area contributed by atoms with Crippen molar-refractivity contribution in [3.63, 3.8) is 0 Å². The summed E-state index contributed by atoms with van der Waals surface area (Å²) in [6.45, 7) is 2.64. The average molecular weight is 796 g/mol. The van der Waals surface area contributed by atoms with E-state index < -0.39 is 0 Å². The molecule has 3 amide bonds. The minimum Gasteiger partial charge on any atom is -0.493 e. The maximum absolute atomic E-state index is 13.4. The molecule has 2 heterocycles. The lowest BCUT2D eigenvalue weighted by Crippen LogP contribution is -2.38. The summed E-state index contributed by atoms with van der Waals surface area (Å²) in [5, 5.41) is 3.14. The smallest absolute Gasteiger partial charge is 0.261 e. The summed E-state index contributed by atoms with van der Waals surface area (Å²) < 4.78 is 24.8. The van der Waals surface area contributed by atoms with Crippen molar-refractivity contribution in [2.45, 2.75) is 69.2 Å². The Balaban J connectivity index is 1.07. The lowest BCUT2D eigenvalue weighted by Gasteiger charge is -2.40. The molecule has 0 radical (unpaired) electrons. The highest BCUT2D eigenvalue weighted by molar-refractivity contribution is 6.21. The summed E-state index contributed by atoms with van der Waals surface area (Å²) in [5.74, 6) is 0.671. The van der Waals surface area contributed by atoms with Gasteiger partial charge in [0.05, 0.1) is 25.3 Å². The van der Waals surface area contributed by atoms with Gasteiger partial charge in [-0.3, -0.25) is 24.2 Å². The summed E-state index contributed by atoms with van der Waals surface area (Å²) in [6, 6.07) is 39.1. The largest absolute Gasteiger partial charge is 0.493 e. The number of hydrogen-bond donors (Lipinski definition) is 1. The number of halogens is 1. The molecule has 2 aliphatic rings. The summed E-state index contributed by atoms with van der Waals surface area (Å²) in [5.41, 5.74) is 6.55. The first-order valence-corrected chi connectivity index (χ1v) is 20.9. The van der Waals surface area contributed by atoms with Gasteiger partial charge >= 0.3 is 0 Å². The Morgan fingerprint density at radius 2 is 1.34 bits per heavy atom. The van der Waals surface area contributed by atoms with E-state index in [-0.39, 0.29) is 35.0 Å². The van der Waals surface area contributed by atoms with Crippen molar-refractivity contribution in [1.82, 2.24) is 15.1 Å². The number of aryl methyl sites for hydroxylation is 1. The normalized spacial score (nSPS) is 15.2. The standard InChI is InChI=1S/C50H54FN3O5/c1-58-45-34-37-27-33-53(44(43(37)35-46(45)59-2)20-11-32-54-48(56)41-18-9-10-19-42(41)49(54)57)31-13-29-50(38-14-5-3-6-15-38,39-16-7-4-8-17-39)28-12-30-52-47(55)26-23-36-21-24-40(51)25-22-36/h3-10,14-19,21-22,24-25,34-35,44H,11-13,20,23,26-33H2,1-2H3,(H,52,55). The van der Waals surface area contributed by atoms with Gasteiger partial charge in [-0.15, -0.1) is 0 Å². The number of nitrogens with one attached hydrogen (secondary N) is 1. The van der Waals surface area contributed by atoms with E-state index in [1.165, 1.54) is 39.3 Å². The number of benzene rings is 5. The van der Waals surface area contributed by atoms with Gasteiger partial charge in [0, 0.05) is 37.5 Å². The van der Waals surface area contributed by atoms with Crippen LogP contribution in [0.5, 0.6) is 11.5 Å². The predicted octanol–water partition coefficient (Wildman–Crippen LogP) is 9.11. The van der Waals surface area contributed by atoms with Crippen LogP contribution < -0.4 is 14.8 Å². The third-order valence-electron chi connectivity index (χ3n) is 12.2. The van der Waals surface area contributed by atoms with E-state index in [4.69, 9.17) is 9.47 Å². The number of methoxy groups -OCH3 is 2. The zero-order valence-electron chi connectivity index (χ0n) is 34.1. The minimum absolute atomic E-state index is 0.00646. The van der Waals surface area contributed by atoms with Crippen molar-refractivity contribution in [3.8, 4) is 11.5 Å². The van der Waals surface area contributed by atoms with E-state index in [9.17, 15) is 18.8 Å². The number of fused-ring (bicyclic) bond motifs is 2. The van der Waals surface area contributed by atoms with E-state index in [2.05, 4.69) is 83.0 Å². The van der Waals surface area contributed by atoms with Crippen molar-refractivity contribution in [2.24, 2.45) is 0 Å². The second-order valence-electron chi connectivity index (χ2n) is 15.7. The summed E-state index contributed by atoms with van der Waals surface area (Å²) in [6.07, 6.45) is 6.68. The number of hydrogen-bond acceptors (Lipinski definition) is 6. The van der Waals surface area contributed by atoms with Gasteiger partial charge in [-0.05, 0) is 122 Å². The maximum atomic E-state index is 13.4. The number of ether oxygens (including phenoxy) is 2. The van der Waals surface area contributed by atoms with Crippen molar-refractivity contribution in [1.29, 1.82) is 0 Å². The number of amides is 3. The first-order valence-electron chi connectivity index (χ1n) is 20.9. The topological polar surface area (TPSA) is 88.2 Å². The second-order valence-corrected chi connectivity index (χ2v) is 15.7. The van der Waals surface area contributed by atoms with Gasteiger partial charge in [-0.2, -0.15) is 0 Å². The Labute approximate surface area is 347 Å². The van der Waals surface area contributed by atoms with Crippen LogP contribution in [0.4, 0.5) is 4.39 Å².